The SMILES string of the molecule is NCCS(=O)C/C=C(\Cl)C(F)(F)F. The van der Waals surface area contributed by atoms with E-state index in [4.69, 9.17) is 17.3 Å². The third-order valence-corrected chi connectivity index (χ3v) is 2.66. The van der Waals surface area contributed by atoms with Crippen molar-refractivity contribution in [1.29, 1.82) is 0 Å². The molecule has 0 aromatic rings. The van der Waals surface area contributed by atoms with Crippen LogP contribution < -0.4 is 5.73 Å². The number of allylic oxidation sites excluding steroid dienone is 1. The lowest BCUT2D eigenvalue weighted by Crippen LogP contribution is -2.13. The second-order valence-electron chi connectivity index (χ2n) is 2.15. The highest BCUT2D eigenvalue weighted by Crippen LogP contribution is 2.28. The molecule has 0 aromatic heterocycles. The van der Waals surface area contributed by atoms with Gasteiger partial charge in [0.1, 0.15) is 5.03 Å². The zero-order chi connectivity index (χ0) is 10.5. The fourth-order valence-corrected chi connectivity index (χ4v) is 1.45. The van der Waals surface area contributed by atoms with E-state index in [9.17, 15) is 17.4 Å². The minimum absolute atomic E-state index is 0.179. The molecule has 0 aliphatic rings. The summed E-state index contributed by atoms with van der Waals surface area (Å²) in [5, 5.41) is -1.24. The summed E-state index contributed by atoms with van der Waals surface area (Å²) >= 11 is 4.87. The van der Waals surface area contributed by atoms with Crippen molar-refractivity contribution in [2.45, 2.75) is 6.18 Å². The van der Waals surface area contributed by atoms with E-state index >= 15 is 0 Å². The van der Waals surface area contributed by atoms with Crippen LogP contribution >= 0.6 is 11.6 Å². The van der Waals surface area contributed by atoms with Gasteiger partial charge in [0.2, 0.25) is 0 Å². The molecule has 13 heavy (non-hydrogen) atoms. The van der Waals surface area contributed by atoms with Gasteiger partial charge >= 0.3 is 6.18 Å². The van der Waals surface area contributed by atoms with E-state index in [0.717, 1.165) is 0 Å². The summed E-state index contributed by atoms with van der Waals surface area (Å²) in [6.07, 6.45) is -3.85. The Morgan fingerprint density at radius 1 is 1.54 bits per heavy atom. The van der Waals surface area contributed by atoms with Gasteiger partial charge in [0.15, 0.2) is 0 Å². The summed E-state index contributed by atoms with van der Waals surface area (Å²) in [6, 6.07) is 0. The lowest BCUT2D eigenvalue weighted by molar-refractivity contribution is -0.0846. The summed E-state index contributed by atoms with van der Waals surface area (Å²) in [7, 11) is -1.36. The summed E-state index contributed by atoms with van der Waals surface area (Å²) in [4.78, 5) is 0. The molecule has 0 bridgehead atoms. The van der Waals surface area contributed by atoms with Crippen LogP contribution in [0.5, 0.6) is 0 Å². The van der Waals surface area contributed by atoms with E-state index in [1.165, 1.54) is 0 Å². The van der Waals surface area contributed by atoms with Crippen LogP contribution in [0.15, 0.2) is 11.1 Å². The molecule has 0 fully saturated rings. The van der Waals surface area contributed by atoms with Crippen molar-refractivity contribution < 1.29 is 17.4 Å². The monoisotopic (exact) mass is 235 g/mol. The lowest BCUT2D eigenvalue weighted by atomic mass is 10.5. The van der Waals surface area contributed by atoms with E-state index < -0.39 is 22.0 Å². The van der Waals surface area contributed by atoms with Crippen molar-refractivity contribution in [2.75, 3.05) is 18.1 Å². The van der Waals surface area contributed by atoms with Gasteiger partial charge in [0.05, 0.1) is 0 Å². The molecule has 0 saturated carbocycles. The normalized spacial score (nSPS) is 15.9. The maximum Gasteiger partial charge on any atom is 0.426 e. The number of alkyl halides is 3. The topological polar surface area (TPSA) is 43.1 Å². The molecule has 0 aromatic carbocycles. The van der Waals surface area contributed by atoms with Gasteiger partial charge < -0.3 is 5.73 Å². The number of halogens is 4. The van der Waals surface area contributed by atoms with Crippen LogP contribution in [0.4, 0.5) is 13.2 Å². The third kappa shape index (κ3) is 6.06. The molecule has 7 heteroatoms. The molecule has 0 amide bonds. The minimum atomic E-state index is -4.55. The van der Waals surface area contributed by atoms with Crippen LogP contribution in [0, 0.1) is 0 Å². The van der Waals surface area contributed by atoms with Crippen LogP contribution in [-0.2, 0) is 10.8 Å². The largest absolute Gasteiger partial charge is 0.426 e. The Morgan fingerprint density at radius 3 is 2.46 bits per heavy atom. The van der Waals surface area contributed by atoms with Crippen LogP contribution in [0.3, 0.4) is 0 Å². The number of hydrogen-bond acceptors (Lipinski definition) is 2. The molecular weight excluding hydrogens is 227 g/mol. The van der Waals surface area contributed by atoms with Gasteiger partial charge in [-0.1, -0.05) is 11.6 Å². The number of rotatable bonds is 4. The van der Waals surface area contributed by atoms with Gasteiger partial charge in [-0.2, -0.15) is 13.2 Å². The van der Waals surface area contributed by atoms with E-state index in [-0.39, 0.29) is 18.1 Å². The lowest BCUT2D eigenvalue weighted by Gasteiger charge is -2.03. The van der Waals surface area contributed by atoms with Crippen LogP contribution in [0.25, 0.3) is 0 Å². The van der Waals surface area contributed by atoms with Gasteiger partial charge in [0, 0.05) is 28.9 Å². The first-order valence-electron chi connectivity index (χ1n) is 3.36. The van der Waals surface area contributed by atoms with E-state index in [0.29, 0.717) is 6.08 Å². The fourth-order valence-electron chi connectivity index (χ4n) is 0.497. The zero-order valence-corrected chi connectivity index (χ0v) is 8.18. The standard InChI is InChI=1S/C6H9ClF3NOS/c7-5(6(8,9)10)1-3-13(12)4-2-11/h1H,2-4,11H2/b5-1-. The van der Waals surface area contributed by atoms with Gasteiger partial charge in [-0.3, -0.25) is 4.21 Å². The van der Waals surface area contributed by atoms with E-state index in [1.807, 2.05) is 0 Å². The smallest absolute Gasteiger partial charge is 0.330 e. The highest BCUT2D eigenvalue weighted by Gasteiger charge is 2.31. The van der Waals surface area contributed by atoms with E-state index in [2.05, 4.69) is 0 Å². The Morgan fingerprint density at radius 2 is 2.08 bits per heavy atom. The fraction of sp³-hybridized carbons (Fsp3) is 0.667. The molecule has 0 aliphatic carbocycles. The Hall–Kier alpha value is -0.0700. The van der Waals surface area contributed by atoms with Crippen molar-refractivity contribution in [3.05, 3.63) is 11.1 Å². The second kappa shape index (κ2) is 5.62. The van der Waals surface area contributed by atoms with Crippen molar-refractivity contribution in [3.8, 4) is 0 Å². The zero-order valence-electron chi connectivity index (χ0n) is 6.60. The van der Waals surface area contributed by atoms with Crippen molar-refractivity contribution in [1.82, 2.24) is 0 Å². The minimum Gasteiger partial charge on any atom is -0.330 e. The quantitative estimate of drug-likeness (QED) is 0.800. The van der Waals surface area contributed by atoms with Crippen molar-refractivity contribution in [3.63, 3.8) is 0 Å². The molecular formula is C6H9ClF3NOS. The number of nitrogens with two attached hydrogens (primary N) is 1. The maximum absolute atomic E-state index is 11.8. The molecule has 0 spiro atoms. The molecule has 2 nitrogen and oxygen atoms in total. The molecule has 0 saturated heterocycles. The maximum atomic E-state index is 11.8. The predicted molar refractivity (Wildman–Crippen MR) is 46.9 cm³/mol. The summed E-state index contributed by atoms with van der Waals surface area (Å²) < 4.78 is 46.1. The molecule has 78 valence electrons. The molecule has 2 N–H and O–H groups in total. The Bertz CT molecular complexity index is 216. The Balaban J connectivity index is 4.05. The summed E-state index contributed by atoms with van der Waals surface area (Å²) in [6.45, 7) is 0.185. The predicted octanol–water partition coefficient (Wildman–Crippen LogP) is 1.38. The highest BCUT2D eigenvalue weighted by atomic mass is 35.5. The van der Waals surface area contributed by atoms with Gasteiger partial charge in [-0.25, -0.2) is 0 Å². The molecule has 0 aliphatic heterocycles. The first-order chi connectivity index (χ1) is 5.88. The van der Waals surface area contributed by atoms with Crippen LogP contribution in [-0.4, -0.2) is 28.4 Å². The molecule has 0 rings (SSSR count). The Labute approximate surface area is 81.4 Å². The first-order valence-corrected chi connectivity index (χ1v) is 5.22. The second-order valence-corrected chi connectivity index (χ2v) is 4.18. The highest BCUT2D eigenvalue weighted by molar-refractivity contribution is 7.85. The first kappa shape index (κ1) is 12.9. The van der Waals surface area contributed by atoms with Crippen molar-refractivity contribution in [2.24, 2.45) is 5.73 Å². The van der Waals surface area contributed by atoms with Gasteiger partial charge in [-0.05, 0) is 6.08 Å². The molecule has 1 unspecified atom stereocenters. The molecule has 1 atom stereocenters. The van der Waals surface area contributed by atoms with E-state index in [1.54, 1.807) is 0 Å². The van der Waals surface area contributed by atoms with Gasteiger partial charge in [0.25, 0.3) is 0 Å². The van der Waals surface area contributed by atoms with Crippen molar-refractivity contribution >= 4 is 22.4 Å². The Kier molecular flexibility index (Phi) is 5.59. The van der Waals surface area contributed by atoms with Crippen LogP contribution in [0.2, 0.25) is 0 Å². The van der Waals surface area contributed by atoms with Crippen LogP contribution in [0.1, 0.15) is 0 Å². The molecule has 0 heterocycles. The third-order valence-electron chi connectivity index (χ3n) is 1.06. The summed E-state index contributed by atoms with van der Waals surface area (Å²) in [5.41, 5.74) is 5.05. The molecule has 0 radical (unpaired) electrons. The average molecular weight is 236 g/mol. The summed E-state index contributed by atoms with van der Waals surface area (Å²) in [5.74, 6) is -0.0337. The average Bonchev–Trinajstić information content (AvgIpc) is 1.99. The van der Waals surface area contributed by atoms with Gasteiger partial charge in [-0.15, -0.1) is 0 Å². The number of hydrogen-bond donors (Lipinski definition) is 1.